The molecule has 1 aliphatic carbocycles. The highest BCUT2D eigenvalue weighted by Gasteiger charge is 2.42. The van der Waals surface area contributed by atoms with Crippen molar-refractivity contribution in [2.75, 3.05) is 46.3 Å². The first-order chi connectivity index (χ1) is 17.6. The Morgan fingerprint density at radius 3 is 2.47 bits per heavy atom. The van der Waals surface area contributed by atoms with Crippen LogP contribution in [-0.2, 0) is 6.54 Å². The molecule has 3 aromatic rings. The number of halogens is 1. The predicted octanol–water partition coefficient (Wildman–Crippen LogP) is 4.62. The Hall–Kier alpha value is -2.38. The van der Waals surface area contributed by atoms with Gasteiger partial charge < -0.3 is 19.5 Å². The van der Waals surface area contributed by atoms with E-state index >= 15 is 0 Å². The number of hydrogen-bond donors (Lipinski definition) is 1. The lowest BCUT2D eigenvalue weighted by atomic mass is 9.86. The van der Waals surface area contributed by atoms with Crippen LogP contribution in [0.5, 0.6) is 5.75 Å². The SMILES string of the molecule is CN1CCC(Cn2c3c(c4ccccc42)C(=O)[C@@H](N2CCNCC2)C[C@H]3Oc2ccc(Cl)cc2)CC1. The number of ketones is 1. The summed E-state index contributed by atoms with van der Waals surface area (Å²) in [5, 5.41) is 5.18. The number of aromatic nitrogens is 1. The maximum absolute atomic E-state index is 14.2. The van der Waals surface area contributed by atoms with Crippen molar-refractivity contribution >= 4 is 28.3 Å². The quantitative estimate of drug-likeness (QED) is 0.547. The first-order valence-electron chi connectivity index (χ1n) is 13.3. The molecule has 0 saturated carbocycles. The van der Waals surface area contributed by atoms with Crippen LogP contribution in [0.1, 0.15) is 41.4 Å². The van der Waals surface area contributed by atoms with Gasteiger partial charge in [0.1, 0.15) is 11.9 Å². The number of fused-ring (bicyclic) bond motifs is 3. The molecule has 7 heteroatoms. The number of carbonyl (C=O) groups is 1. The number of Topliss-reactive ketones (excluding diaryl/α,β-unsaturated/α-hetero) is 1. The van der Waals surface area contributed by atoms with E-state index in [0.29, 0.717) is 17.4 Å². The van der Waals surface area contributed by atoms with Crippen LogP contribution in [0, 0.1) is 5.92 Å². The number of rotatable bonds is 5. The van der Waals surface area contributed by atoms with Gasteiger partial charge in [-0.25, -0.2) is 0 Å². The number of ether oxygens (including phenoxy) is 1. The lowest BCUT2D eigenvalue weighted by molar-refractivity contribution is 0.0604. The van der Waals surface area contributed by atoms with Gasteiger partial charge in [0.2, 0.25) is 0 Å². The summed E-state index contributed by atoms with van der Waals surface area (Å²) in [7, 11) is 2.20. The van der Waals surface area contributed by atoms with Gasteiger partial charge in [-0.05, 0) is 69.2 Å². The molecule has 2 aromatic carbocycles. The van der Waals surface area contributed by atoms with Crippen molar-refractivity contribution in [3.8, 4) is 5.75 Å². The minimum absolute atomic E-state index is 0.167. The van der Waals surface area contributed by atoms with Crippen LogP contribution < -0.4 is 10.1 Å². The Morgan fingerprint density at radius 2 is 1.72 bits per heavy atom. The van der Waals surface area contributed by atoms with Crippen LogP contribution in [0.15, 0.2) is 48.5 Å². The van der Waals surface area contributed by atoms with E-state index in [2.05, 4.69) is 51.0 Å². The van der Waals surface area contributed by atoms with E-state index in [0.717, 1.165) is 73.7 Å². The Bertz CT molecular complexity index is 1230. The highest BCUT2D eigenvalue weighted by atomic mass is 35.5. The van der Waals surface area contributed by atoms with E-state index in [9.17, 15) is 4.79 Å². The summed E-state index contributed by atoms with van der Waals surface area (Å²) in [6, 6.07) is 15.9. The minimum Gasteiger partial charge on any atom is -0.484 e. The fraction of sp³-hybridized carbons (Fsp3) is 0.483. The van der Waals surface area contributed by atoms with Crippen LogP contribution in [0.2, 0.25) is 5.02 Å². The van der Waals surface area contributed by atoms with Gasteiger partial charge in [-0.1, -0.05) is 29.8 Å². The molecule has 2 aliphatic heterocycles. The molecule has 2 fully saturated rings. The number of nitrogens with zero attached hydrogens (tertiary/aromatic N) is 3. The monoisotopic (exact) mass is 506 g/mol. The van der Waals surface area contributed by atoms with Crippen LogP contribution in [0.25, 0.3) is 10.9 Å². The van der Waals surface area contributed by atoms with E-state index in [-0.39, 0.29) is 17.9 Å². The summed E-state index contributed by atoms with van der Waals surface area (Å²) >= 11 is 6.16. The number of benzene rings is 2. The number of piperazine rings is 1. The van der Waals surface area contributed by atoms with Crippen molar-refractivity contribution in [3.05, 3.63) is 64.8 Å². The van der Waals surface area contributed by atoms with E-state index < -0.39 is 0 Å². The second-order valence-electron chi connectivity index (χ2n) is 10.6. The van der Waals surface area contributed by atoms with E-state index in [1.54, 1.807) is 0 Å². The molecule has 0 spiro atoms. The molecule has 0 bridgehead atoms. The molecular formula is C29H35ClN4O2. The topological polar surface area (TPSA) is 49.7 Å². The molecule has 190 valence electrons. The van der Waals surface area contributed by atoms with Crippen LogP contribution >= 0.6 is 11.6 Å². The van der Waals surface area contributed by atoms with Gasteiger partial charge in [-0.15, -0.1) is 0 Å². The summed E-state index contributed by atoms with van der Waals surface area (Å²) in [6.07, 6.45) is 2.82. The highest BCUT2D eigenvalue weighted by Crippen LogP contribution is 2.42. The number of piperidine rings is 1. The van der Waals surface area contributed by atoms with Crippen molar-refractivity contribution in [1.82, 2.24) is 19.7 Å². The number of likely N-dealkylation sites (tertiary alicyclic amines) is 1. The van der Waals surface area contributed by atoms with E-state index in [4.69, 9.17) is 16.3 Å². The molecule has 6 rings (SSSR count). The molecule has 2 saturated heterocycles. The molecule has 0 unspecified atom stereocenters. The van der Waals surface area contributed by atoms with E-state index in [1.807, 2.05) is 24.3 Å². The molecule has 3 heterocycles. The zero-order valence-electron chi connectivity index (χ0n) is 21.0. The summed E-state index contributed by atoms with van der Waals surface area (Å²) in [5.74, 6) is 1.64. The fourth-order valence-electron chi connectivity index (χ4n) is 6.29. The molecule has 3 aliphatic rings. The maximum atomic E-state index is 14.2. The van der Waals surface area contributed by atoms with Gasteiger partial charge in [0, 0.05) is 55.1 Å². The van der Waals surface area contributed by atoms with Crippen molar-refractivity contribution in [1.29, 1.82) is 0 Å². The maximum Gasteiger partial charge on any atom is 0.182 e. The third-order valence-corrected chi connectivity index (χ3v) is 8.52. The molecule has 0 amide bonds. The number of hydrogen-bond acceptors (Lipinski definition) is 5. The summed E-state index contributed by atoms with van der Waals surface area (Å²) < 4.78 is 9.12. The number of nitrogens with one attached hydrogen (secondary N) is 1. The van der Waals surface area contributed by atoms with Crippen molar-refractivity contribution < 1.29 is 9.53 Å². The second kappa shape index (κ2) is 10.2. The average molecular weight is 507 g/mol. The normalized spacial score (nSPS) is 24.2. The Labute approximate surface area is 218 Å². The third kappa shape index (κ3) is 4.56. The predicted molar refractivity (Wildman–Crippen MR) is 144 cm³/mol. The first-order valence-corrected chi connectivity index (χ1v) is 13.7. The molecule has 0 radical (unpaired) electrons. The second-order valence-corrected chi connectivity index (χ2v) is 11.0. The van der Waals surface area contributed by atoms with Gasteiger partial charge in [0.15, 0.2) is 5.78 Å². The van der Waals surface area contributed by atoms with Crippen LogP contribution in [0.3, 0.4) is 0 Å². The van der Waals surface area contributed by atoms with Crippen LogP contribution in [-0.4, -0.2) is 72.5 Å². The van der Waals surface area contributed by atoms with Gasteiger partial charge >= 0.3 is 0 Å². The highest BCUT2D eigenvalue weighted by molar-refractivity contribution is 6.30. The Morgan fingerprint density at radius 1 is 1.00 bits per heavy atom. The number of para-hydroxylation sites is 1. The zero-order valence-corrected chi connectivity index (χ0v) is 21.7. The molecule has 6 nitrogen and oxygen atoms in total. The third-order valence-electron chi connectivity index (χ3n) is 8.27. The molecule has 36 heavy (non-hydrogen) atoms. The van der Waals surface area contributed by atoms with Crippen molar-refractivity contribution in [2.45, 2.75) is 38.0 Å². The fourth-order valence-corrected chi connectivity index (χ4v) is 6.42. The minimum atomic E-state index is -0.197. The summed E-state index contributed by atoms with van der Waals surface area (Å²) in [6.45, 7) is 6.77. The van der Waals surface area contributed by atoms with Gasteiger partial charge in [0.05, 0.1) is 17.3 Å². The van der Waals surface area contributed by atoms with Gasteiger partial charge in [-0.2, -0.15) is 0 Å². The summed E-state index contributed by atoms with van der Waals surface area (Å²) in [4.78, 5) is 18.9. The smallest absolute Gasteiger partial charge is 0.182 e. The molecular weight excluding hydrogens is 472 g/mol. The van der Waals surface area contributed by atoms with Crippen molar-refractivity contribution in [2.24, 2.45) is 5.92 Å². The first kappa shape index (κ1) is 24.0. The lowest BCUT2D eigenvalue weighted by Crippen LogP contribution is -2.53. The largest absolute Gasteiger partial charge is 0.484 e. The Kier molecular flexibility index (Phi) is 6.78. The standard InChI is InChI=1S/C29H35ClN4O2/c1-32-14-10-20(11-15-32)19-34-24-5-3-2-4-23(24)27-28(34)26(36-22-8-6-21(30)7-9-22)18-25(29(27)35)33-16-12-31-13-17-33/h2-9,20,25-26,31H,10-19H2,1H3/t25-,26+/m0/s1. The summed E-state index contributed by atoms with van der Waals surface area (Å²) in [5.41, 5.74) is 3.08. The van der Waals surface area contributed by atoms with Gasteiger partial charge in [-0.3, -0.25) is 9.69 Å². The zero-order chi connectivity index (χ0) is 24.6. The van der Waals surface area contributed by atoms with Gasteiger partial charge in [0.25, 0.3) is 0 Å². The lowest BCUT2D eigenvalue weighted by Gasteiger charge is -2.39. The average Bonchev–Trinajstić information content (AvgIpc) is 3.23. The molecule has 2 atom stereocenters. The Balaban J connectivity index is 1.44. The van der Waals surface area contributed by atoms with E-state index in [1.165, 1.54) is 12.8 Å². The van der Waals surface area contributed by atoms with Crippen LogP contribution in [0.4, 0.5) is 0 Å². The molecule has 1 aromatic heterocycles. The molecule has 1 N–H and O–H groups in total. The number of carbonyl (C=O) groups excluding carboxylic acids is 1. The van der Waals surface area contributed by atoms with Crippen molar-refractivity contribution in [3.63, 3.8) is 0 Å².